The van der Waals surface area contributed by atoms with Crippen molar-refractivity contribution in [1.29, 1.82) is 0 Å². The van der Waals surface area contributed by atoms with Crippen LogP contribution in [0.2, 0.25) is 0 Å². The second-order valence-electron chi connectivity index (χ2n) is 7.55. The number of carbonyl (C=O) groups is 1. The predicted molar refractivity (Wildman–Crippen MR) is 104 cm³/mol. The number of carbonyl (C=O) groups excluding carboxylic acids is 1. The molecule has 0 spiro atoms. The van der Waals surface area contributed by atoms with E-state index in [-0.39, 0.29) is 11.9 Å². The molecule has 1 saturated carbocycles. The van der Waals surface area contributed by atoms with Crippen molar-refractivity contribution < 1.29 is 13.2 Å². The van der Waals surface area contributed by atoms with Crippen molar-refractivity contribution in [2.24, 2.45) is 11.8 Å². The van der Waals surface area contributed by atoms with Crippen LogP contribution in [0.25, 0.3) is 0 Å². The van der Waals surface area contributed by atoms with Gasteiger partial charge in [-0.3, -0.25) is 9.69 Å². The van der Waals surface area contributed by atoms with Gasteiger partial charge in [0.25, 0.3) is 10.0 Å². The highest BCUT2D eigenvalue weighted by atomic mass is 32.2. The molecule has 2 aliphatic rings. The van der Waals surface area contributed by atoms with Crippen LogP contribution in [0, 0.1) is 11.8 Å². The number of rotatable bonds is 5. The Morgan fingerprint density at radius 1 is 1.23 bits per heavy atom. The Hall–Kier alpha value is -0.960. The summed E-state index contributed by atoms with van der Waals surface area (Å²) in [5, 5.41) is 4.98. The monoisotopic (exact) mass is 399 g/mol. The largest absolute Gasteiger partial charge is 0.352 e. The number of nitrogens with one attached hydrogen (secondary N) is 1. The van der Waals surface area contributed by atoms with Gasteiger partial charge < -0.3 is 5.32 Å². The third kappa shape index (κ3) is 4.47. The molecule has 1 amide bonds. The van der Waals surface area contributed by atoms with Gasteiger partial charge in [-0.2, -0.15) is 4.31 Å². The number of sulfonamides is 1. The van der Waals surface area contributed by atoms with Gasteiger partial charge in [-0.25, -0.2) is 8.42 Å². The molecule has 3 rings (SSSR count). The average Bonchev–Trinajstić information content (AvgIpc) is 3.15. The number of thiophene rings is 1. The summed E-state index contributed by atoms with van der Waals surface area (Å²) in [6, 6.07) is 3.67. The van der Waals surface area contributed by atoms with Crippen molar-refractivity contribution in [1.82, 2.24) is 14.5 Å². The summed E-state index contributed by atoms with van der Waals surface area (Å²) in [4.78, 5) is 14.5. The predicted octanol–water partition coefficient (Wildman–Crippen LogP) is 2.00. The number of hydrogen-bond acceptors (Lipinski definition) is 5. The molecule has 1 aromatic heterocycles. The zero-order valence-corrected chi connectivity index (χ0v) is 17.2. The molecule has 3 atom stereocenters. The van der Waals surface area contributed by atoms with Crippen molar-refractivity contribution in [3.63, 3.8) is 0 Å². The molecule has 146 valence electrons. The second-order valence-corrected chi connectivity index (χ2v) is 10.7. The molecular weight excluding hydrogens is 370 g/mol. The van der Waals surface area contributed by atoms with Crippen LogP contribution in [0.3, 0.4) is 0 Å². The smallest absolute Gasteiger partial charge is 0.252 e. The van der Waals surface area contributed by atoms with Crippen LogP contribution in [-0.2, 0) is 14.8 Å². The summed E-state index contributed by atoms with van der Waals surface area (Å²) in [5.74, 6) is 1.23. The molecule has 2 heterocycles. The third-order valence-electron chi connectivity index (χ3n) is 5.84. The molecule has 8 heteroatoms. The minimum absolute atomic E-state index is 0.0607. The molecule has 1 N–H and O–H groups in total. The van der Waals surface area contributed by atoms with Crippen molar-refractivity contribution in [3.05, 3.63) is 17.5 Å². The van der Waals surface area contributed by atoms with E-state index in [0.29, 0.717) is 48.8 Å². The van der Waals surface area contributed by atoms with Crippen LogP contribution >= 0.6 is 11.3 Å². The van der Waals surface area contributed by atoms with Crippen LogP contribution in [0.5, 0.6) is 0 Å². The minimum atomic E-state index is -3.38. The first-order valence-corrected chi connectivity index (χ1v) is 11.8. The Bertz CT molecular complexity index is 697. The van der Waals surface area contributed by atoms with E-state index in [1.54, 1.807) is 17.5 Å². The zero-order chi connectivity index (χ0) is 18.7. The second kappa shape index (κ2) is 8.37. The Balaban J connectivity index is 1.47. The number of nitrogens with zero attached hydrogens (tertiary/aromatic N) is 2. The Morgan fingerprint density at radius 3 is 2.62 bits per heavy atom. The van der Waals surface area contributed by atoms with Gasteiger partial charge in [0.1, 0.15) is 4.21 Å². The Labute approximate surface area is 160 Å². The van der Waals surface area contributed by atoms with E-state index in [1.807, 2.05) is 4.90 Å². The van der Waals surface area contributed by atoms with Gasteiger partial charge in [0.2, 0.25) is 5.91 Å². The normalized spacial score (nSPS) is 28.8. The van der Waals surface area contributed by atoms with E-state index in [2.05, 4.69) is 19.2 Å². The van der Waals surface area contributed by atoms with Crippen LogP contribution < -0.4 is 5.32 Å². The quantitative estimate of drug-likeness (QED) is 0.822. The molecule has 6 nitrogen and oxygen atoms in total. The lowest BCUT2D eigenvalue weighted by Crippen LogP contribution is -2.52. The van der Waals surface area contributed by atoms with Crippen molar-refractivity contribution in [2.45, 2.75) is 43.4 Å². The lowest BCUT2D eigenvalue weighted by atomic mass is 9.78. The molecule has 26 heavy (non-hydrogen) atoms. The topological polar surface area (TPSA) is 69.7 Å². The third-order valence-corrected chi connectivity index (χ3v) is 9.11. The summed E-state index contributed by atoms with van der Waals surface area (Å²) in [7, 11) is -3.38. The summed E-state index contributed by atoms with van der Waals surface area (Å²) in [6.07, 6.45) is 3.48. The molecule has 0 radical (unpaired) electrons. The summed E-state index contributed by atoms with van der Waals surface area (Å²) in [5.41, 5.74) is 0. The van der Waals surface area contributed by atoms with Gasteiger partial charge in [-0.05, 0) is 29.7 Å². The molecule has 1 aromatic rings. The van der Waals surface area contributed by atoms with Crippen molar-refractivity contribution in [2.75, 3.05) is 32.7 Å². The maximum atomic E-state index is 12.5. The van der Waals surface area contributed by atoms with Gasteiger partial charge >= 0.3 is 0 Å². The molecular formula is C18H29N3O3S2. The van der Waals surface area contributed by atoms with E-state index >= 15 is 0 Å². The van der Waals surface area contributed by atoms with Gasteiger partial charge in [0, 0.05) is 32.2 Å². The molecule has 0 unspecified atom stereocenters. The number of amides is 1. The summed E-state index contributed by atoms with van der Waals surface area (Å²) in [6.45, 7) is 6.89. The van der Waals surface area contributed by atoms with Gasteiger partial charge in [-0.1, -0.05) is 32.8 Å². The number of piperazine rings is 1. The molecule has 2 fully saturated rings. The fourth-order valence-electron chi connectivity index (χ4n) is 3.91. The minimum Gasteiger partial charge on any atom is -0.352 e. The zero-order valence-electron chi connectivity index (χ0n) is 15.6. The Kier molecular flexibility index (Phi) is 6.37. The van der Waals surface area contributed by atoms with Gasteiger partial charge in [0.15, 0.2) is 0 Å². The highest BCUT2D eigenvalue weighted by Gasteiger charge is 2.31. The van der Waals surface area contributed by atoms with Crippen LogP contribution in [-0.4, -0.2) is 62.3 Å². The lowest BCUT2D eigenvalue weighted by molar-refractivity contribution is -0.124. The highest BCUT2D eigenvalue weighted by molar-refractivity contribution is 7.91. The molecule has 1 aliphatic heterocycles. The first kappa shape index (κ1) is 19.8. The van der Waals surface area contributed by atoms with Gasteiger partial charge in [0.05, 0.1) is 6.54 Å². The average molecular weight is 400 g/mol. The molecule has 0 bridgehead atoms. The van der Waals surface area contributed by atoms with Crippen molar-refractivity contribution >= 4 is 27.3 Å². The maximum Gasteiger partial charge on any atom is 0.252 e. The van der Waals surface area contributed by atoms with Crippen LogP contribution in [0.15, 0.2) is 21.7 Å². The number of hydrogen-bond donors (Lipinski definition) is 1. The summed E-state index contributed by atoms with van der Waals surface area (Å²) < 4.78 is 27.0. The van der Waals surface area contributed by atoms with E-state index in [4.69, 9.17) is 0 Å². The fraction of sp³-hybridized carbons (Fsp3) is 0.722. The summed E-state index contributed by atoms with van der Waals surface area (Å²) >= 11 is 1.25. The van der Waals surface area contributed by atoms with Crippen molar-refractivity contribution in [3.8, 4) is 0 Å². The van der Waals surface area contributed by atoms with E-state index in [1.165, 1.54) is 28.5 Å². The molecule has 0 aromatic carbocycles. The Morgan fingerprint density at radius 2 is 1.96 bits per heavy atom. The standard InChI is InChI=1S/C18H29N3O3S2/c1-14-5-3-6-16(15(14)2)19-17(22)13-20-8-10-21(11-9-20)26(23,24)18-7-4-12-25-18/h4,7,12,14-16H,3,5-6,8-11,13H2,1-2H3,(H,19,22)/t14-,15+,16+/m1/s1. The highest BCUT2D eigenvalue weighted by Crippen LogP contribution is 2.29. The van der Waals surface area contributed by atoms with E-state index in [9.17, 15) is 13.2 Å². The molecule has 1 aliphatic carbocycles. The van der Waals surface area contributed by atoms with Crippen LogP contribution in [0.1, 0.15) is 33.1 Å². The maximum absolute atomic E-state index is 12.5. The lowest BCUT2D eigenvalue weighted by Gasteiger charge is -2.36. The van der Waals surface area contributed by atoms with E-state index < -0.39 is 10.0 Å². The van der Waals surface area contributed by atoms with Crippen LogP contribution in [0.4, 0.5) is 0 Å². The molecule has 1 saturated heterocycles. The fourth-order valence-corrected chi connectivity index (χ4v) is 6.47. The van der Waals surface area contributed by atoms with Gasteiger partial charge in [-0.15, -0.1) is 11.3 Å². The SMILES string of the molecule is C[C@H]1[C@H](C)CCC[C@@H]1NC(=O)CN1CCN(S(=O)(=O)c2cccs2)CC1. The van der Waals surface area contributed by atoms with E-state index in [0.717, 1.165) is 6.42 Å². The first-order valence-electron chi connectivity index (χ1n) is 9.43. The first-order chi connectivity index (χ1) is 12.4.